The van der Waals surface area contributed by atoms with Gasteiger partial charge in [0.25, 0.3) is 11.5 Å². The highest BCUT2D eigenvalue weighted by atomic mass is 16.2. The Balaban J connectivity index is 1.38. The fraction of sp³-hybridized carbons (Fsp3) is 0.333. The molecule has 3 aromatic heterocycles. The van der Waals surface area contributed by atoms with E-state index in [9.17, 15) is 9.59 Å². The highest BCUT2D eigenvalue weighted by Crippen LogP contribution is 2.49. The van der Waals surface area contributed by atoms with Gasteiger partial charge in [0.05, 0.1) is 5.56 Å². The van der Waals surface area contributed by atoms with Gasteiger partial charge in [0.2, 0.25) is 0 Å². The monoisotopic (exact) mass is 390 g/mol. The van der Waals surface area contributed by atoms with Crippen LogP contribution in [0.4, 0.5) is 5.82 Å². The molecule has 0 radical (unpaired) electrons. The Morgan fingerprint density at radius 2 is 2.17 bits per heavy atom. The van der Waals surface area contributed by atoms with Gasteiger partial charge < -0.3 is 19.4 Å². The SMILES string of the molecule is C=CCn1cc(C(=O)N(C)C2C3CN(c4ccncn4)CC32)c2cc[nH]c2c1=O. The van der Waals surface area contributed by atoms with Crippen molar-refractivity contribution in [2.24, 2.45) is 11.8 Å². The van der Waals surface area contributed by atoms with Crippen LogP contribution in [0.5, 0.6) is 0 Å². The van der Waals surface area contributed by atoms with E-state index < -0.39 is 0 Å². The first-order chi connectivity index (χ1) is 14.1. The molecule has 1 saturated carbocycles. The summed E-state index contributed by atoms with van der Waals surface area (Å²) >= 11 is 0. The van der Waals surface area contributed by atoms with Crippen molar-refractivity contribution >= 4 is 22.6 Å². The normalized spacial score (nSPS) is 22.5. The fourth-order valence-electron chi connectivity index (χ4n) is 4.70. The number of anilines is 1. The number of hydrogen-bond acceptors (Lipinski definition) is 5. The maximum atomic E-state index is 13.3. The number of nitrogens with one attached hydrogen (secondary N) is 1. The first-order valence-corrected chi connectivity index (χ1v) is 9.69. The molecule has 0 aromatic carbocycles. The summed E-state index contributed by atoms with van der Waals surface area (Å²) in [6.45, 7) is 5.84. The Bertz CT molecular complexity index is 1140. The van der Waals surface area contributed by atoms with Crippen molar-refractivity contribution in [3.05, 3.63) is 65.6 Å². The predicted octanol–water partition coefficient (Wildman–Crippen LogP) is 1.51. The Labute approximate surface area is 167 Å². The van der Waals surface area contributed by atoms with E-state index in [0.717, 1.165) is 18.9 Å². The third-order valence-corrected chi connectivity index (χ3v) is 6.16. The minimum atomic E-state index is -0.145. The van der Waals surface area contributed by atoms with Crippen molar-refractivity contribution < 1.29 is 4.79 Å². The number of carbonyl (C=O) groups excluding carboxylic acids is 1. The highest BCUT2D eigenvalue weighted by Gasteiger charge is 2.59. The number of carbonyl (C=O) groups is 1. The van der Waals surface area contributed by atoms with E-state index in [1.54, 1.807) is 37.1 Å². The molecule has 2 fully saturated rings. The zero-order valence-corrected chi connectivity index (χ0v) is 16.2. The van der Waals surface area contributed by atoms with Crippen LogP contribution < -0.4 is 10.5 Å². The van der Waals surface area contributed by atoms with Gasteiger partial charge in [-0.3, -0.25) is 9.59 Å². The molecule has 148 valence electrons. The number of rotatable bonds is 5. The van der Waals surface area contributed by atoms with E-state index >= 15 is 0 Å². The van der Waals surface area contributed by atoms with Gasteiger partial charge in [0.15, 0.2) is 0 Å². The lowest BCUT2D eigenvalue weighted by Gasteiger charge is -2.25. The summed E-state index contributed by atoms with van der Waals surface area (Å²) in [5.74, 6) is 1.77. The Morgan fingerprint density at radius 1 is 1.38 bits per heavy atom. The van der Waals surface area contributed by atoms with Crippen LogP contribution in [0.15, 0.2) is 54.5 Å². The Kier molecular flexibility index (Phi) is 4.01. The number of pyridine rings is 1. The largest absolute Gasteiger partial charge is 0.357 e. The molecule has 4 heterocycles. The van der Waals surface area contributed by atoms with E-state index in [4.69, 9.17) is 0 Å². The summed E-state index contributed by atoms with van der Waals surface area (Å²) in [4.78, 5) is 41.2. The van der Waals surface area contributed by atoms with Crippen LogP contribution in [-0.2, 0) is 6.54 Å². The molecular weight excluding hydrogens is 368 g/mol. The molecule has 1 aliphatic carbocycles. The van der Waals surface area contributed by atoms with E-state index in [0.29, 0.717) is 34.8 Å². The minimum absolute atomic E-state index is 0.0552. The number of piperidine rings is 1. The molecule has 5 rings (SSSR count). The molecule has 0 spiro atoms. The number of hydrogen-bond donors (Lipinski definition) is 1. The molecule has 1 saturated heterocycles. The molecule has 2 unspecified atom stereocenters. The number of fused-ring (bicyclic) bond motifs is 2. The minimum Gasteiger partial charge on any atom is -0.357 e. The Morgan fingerprint density at radius 3 is 2.86 bits per heavy atom. The quantitative estimate of drug-likeness (QED) is 0.668. The van der Waals surface area contributed by atoms with E-state index in [1.807, 2.05) is 18.0 Å². The Hall–Kier alpha value is -3.42. The van der Waals surface area contributed by atoms with Crippen LogP contribution in [0.25, 0.3) is 10.9 Å². The molecule has 8 nitrogen and oxygen atoms in total. The van der Waals surface area contributed by atoms with Gasteiger partial charge >= 0.3 is 0 Å². The third-order valence-electron chi connectivity index (χ3n) is 6.16. The predicted molar refractivity (Wildman–Crippen MR) is 110 cm³/mol. The lowest BCUT2D eigenvalue weighted by Crippen LogP contribution is -2.37. The summed E-state index contributed by atoms with van der Waals surface area (Å²) in [5.41, 5.74) is 0.854. The van der Waals surface area contributed by atoms with Crippen molar-refractivity contribution in [3.8, 4) is 0 Å². The standard InChI is InChI=1S/C21H22N6O2/c1-3-8-26-11-16(13-4-7-23-18(13)21(26)29)20(28)25(2)19-14-9-27(10-15(14)19)17-5-6-22-12-24-17/h3-7,11-12,14-15,19,23H,1,8-10H2,2H3. The van der Waals surface area contributed by atoms with Crippen LogP contribution in [0.3, 0.4) is 0 Å². The second-order valence-electron chi connectivity index (χ2n) is 7.76. The molecular formula is C21H22N6O2. The molecule has 29 heavy (non-hydrogen) atoms. The molecule has 1 N–H and O–H groups in total. The number of nitrogens with zero attached hydrogens (tertiary/aromatic N) is 5. The van der Waals surface area contributed by atoms with Crippen molar-refractivity contribution in [1.82, 2.24) is 24.4 Å². The van der Waals surface area contributed by atoms with E-state index in [1.165, 1.54) is 4.57 Å². The lowest BCUT2D eigenvalue weighted by molar-refractivity contribution is 0.0771. The van der Waals surface area contributed by atoms with Crippen molar-refractivity contribution in [3.63, 3.8) is 0 Å². The molecule has 1 aliphatic heterocycles. The topological polar surface area (TPSA) is 87.1 Å². The van der Waals surface area contributed by atoms with E-state index in [2.05, 4.69) is 26.4 Å². The number of allylic oxidation sites excluding steroid dienone is 1. The van der Waals surface area contributed by atoms with Crippen LogP contribution in [-0.4, -0.2) is 56.5 Å². The van der Waals surface area contributed by atoms with E-state index in [-0.39, 0.29) is 17.5 Å². The summed E-state index contributed by atoms with van der Waals surface area (Å²) in [7, 11) is 1.86. The van der Waals surface area contributed by atoms with Crippen molar-refractivity contribution in [2.45, 2.75) is 12.6 Å². The number of amides is 1. The maximum Gasteiger partial charge on any atom is 0.275 e. The first kappa shape index (κ1) is 17.7. The van der Waals surface area contributed by atoms with Gasteiger partial charge in [-0.15, -0.1) is 6.58 Å². The highest BCUT2D eigenvalue weighted by molar-refractivity contribution is 6.06. The van der Waals surface area contributed by atoms with Crippen LogP contribution in [0.2, 0.25) is 0 Å². The summed E-state index contributed by atoms with van der Waals surface area (Å²) in [5, 5.41) is 0.667. The molecule has 8 heteroatoms. The van der Waals surface area contributed by atoms with Crippen molar-refractivity contribution in [2.75, 3.05) is 25.0 Å². The zero-order valence-electron chi connectivity index (χ0n) is 16.2. The maximum absolute atomic E-state index is 13.3. The van der Waals surface area contributed by atoms with Crippen LogP contribution in [0, 0.1) is 11.8 Å². The van der Waals surface area contributed by atoms with Crippen LogP contribution >= 0.6 is 0 Å². The zero-order chi connectivity index (χ0) is 20.1. The van der Waals surface area contributed by atoms with Gasteiger partial charge in [0.1, 0.15) is 17.7 Å². The van der Waals surface area contributed by atoms with Gasteiger partial charge in [-0.05, 0) is 12.1 Å². The average molecular weight is 390 g/mol. The average Bonchev–Trinajstić information content (AvgIpc) is 3.11. The number of H-pyrrole nitrogens is 1. The molecule has 0 bridgehead atoms. The molecule has 2 atom stereocenters. The lowest BCUT2D eigenvalue weighted by atomic mass is 10.1. The van der Waals surface area contributed by atoms with Gasteiger partial charge in [-0.2, -0.15) is 0 Å². The third kappa shape index (κ3) is 2.74. The number of aromatic nitrogens is 4. The second kappa shape index (κ2) is 6.58. The molecule has 1 amide bonds. The molecule has 3 aromatic rings. The van der Waals surface area contributed by atoms with Crippen LogP contribution in [0.1, 0.15) is 10.4 Å². The van der Waals surface area contributed by atoms with Gasteiger partial charge in [0, 0.05) is 68.5 Å². The summed E-state index contributed by atoms with van der Waals surface area (Å²) < 4.78 is 1.53. The van der Waals surface area contributed by atoms with Crippen molar-refractivity contribution in [1.29, 1.82) is 0 Å². The summed E-state index contributed by atoms with van der Waals surface area (Å²) in [6, 6.07) is 3.93. The van der Waals surface area contributed by atoms with Gasteiger partial charge in [-0.1, -0.05) is 6.08 Å². The fourth-order valence-corrected chi connectivity index (χ4v) is 4.70. The summed E-state index contributed by atoms with van der Waals surface area (Å²) in [6.07, 6.45) is 8.32. The van der Waals surface area contributed by atoms with Gasteiger partial charge in [-0.25, -0.2) is 9.97 Å². The first-order valence-electron chi connectivity index (χ1n) is 9.69. The smallest absolute Gasteiger partial charge is 0.275 e. The number of aromatic amines is 1. The molecule has 2 aliphatic rings. The second-order valence-corrected chi connectivity index (χ2v) is 7.76.